The van der Waals surface area contributed by atoms with Gasteiger partial charge in [-0.05, 0) is 55.3 Å². The molecule has 4 heteroatoms. The molecule has 0 saturated heterocycles. The summed E-state index contributed by atoms with van der Waals surface area (Å²) in [7, 11) is 1.58. The summed E-state index contributed by atoms with van der Waals surface area (Å²) in [4.78, 5) is 12.1. The second-order valence-corrected chi connectivity index (χ2v) is 5.42. The van der Waals surface area contributed by atoms with Crippen LogP contribution in [0.25, 0.3) is 0 Å². The molecular formula is C17H18ClNO2. The van der Waals surface area contributed by atoms with E-state index in [2.05, 4.69) is 5.32 Å². The zero-order chi connectivity index (χ0) is 15.4. The van der Waals surface area contributed by atoms with Gasteiger partial charge in [-0.25, -0.2) is 0 Å². The smallest absolute Gasteiger partial charge is 0.228 e. The van der Waals surface area contributed by atoms with Crippen LogP contribution in [-0.2, 0) is 11.2 Å². The number of halogens is 1. The van der Waals surface area contributed by atoms with Crippen molar-refractivity contribution >= 4 is 23.2 Å². The average molecular weight is 304 g/mol. The molecule has 110 valence electrons. The van der Waals surface area contributed by atoms with E-state index < -0.39 is 0 Å². The summed E-state index contributed by atoms with van der Waals surface area (Å²) in [5, 5.41) is 3.48. The quantitative estimate of drug-likeness (QED) is 0.921. The van der Waals surface area contributed by atoms with Crippen LogP contribution in [0.3, 0.4) is 0 Å². The number of carbonyl (C=O) groups is 1. The standard InChI is InChI=1S/C17H18ClNO2/c1-11-4-6-15(8-12(11)2)19-17(20)10-13-9-14(18)5-7-16(13)21-3/h4-9H,10H2,1-3H3,(H,19,20). The molecule has 0 radical (unpaired) electrons. The lowest BCUT2D eigenvalue weighted by Crippen LogP contribution is -2.15. The molecule has 0 fully saturated rings. The number of amides is 1. The normalized spacial score (nSPS) is 10.3. The van der Waals surface area contributed by atoms with Gasteiger partial charge in [0, 0.05) is 16.3 Å². The minimum atomic E-state index is -0.0983. The molecule has 0 aliphatic rings. The molecule has 0 heterocycles. The van der Waals surface area contributed by atoms with Gasteiger partial charge in [0.05, 0.1) is 13.5 Å². The van der Waals surface area contributed by atoms with Crippen LogP contribution in [0, 0.1) is 13.8 Å². The van der Waals surface area contributed by atoms with Gasteiger partial charge in [0.2, 0.25) is 5.91 Å². The molecule has 2 aromatic carbocycles. The Morgan fingerprint density at radius 2 is 1.90 bits per heavy atom. The van der Waals surface area contributed by atoms with Crippen LogP contribution in [-0.4, -0.2) is 13.0 Å². The first kappa shape index (κ1) is 15.4. The van der Waals surface area contributed by atoms with Crippen molar-refractivity contribution in [2.45, 2.75) is 20.3 Å². The summed E-state index contributed by atoms with van der Waals surface area (Å²) in [6.45, 7) is 4.06. The molecular weight excluding hydrogens is 286 g/mol. The van der Waals surface area contributed by atoms with E-state index in [1.807, 2.05) is 32.0 Å². The second kappa shape index (κ2) is 6.64. The second-order valence-electron chi connectivity index (χ2n) is 4.98. The highest BCUT2D eigenvalue weighted by molar-refractivity contribution is 6.30. The topological polar surface area (TPSA) is 38.3 Å². The van der Waals surface area contributed by atoms with Crippen LogP contribution in [0.2, 0.25) is 5.02 Å². The van der Waals surface area contributed by atoms with Crippen molar-refractivity contribution in [1.82, 2.24) is 0 Å². The summed E-state index contributed by atoms with van der Waals surface area (Å²) in [5.41, 5.74) is 3.91. The van der Waals surface area contributed by atoms with Crippen LogP contribution >= 0.6 is 11.6 Å². The molecule has 21 heavy (non-hydrogen) atoms. The van der Waals surface area contributed by atoms with E-state index >= 15 is 0 Å². The highest BCUT2D eigenvalue weighted by Gasteiger charge is 2.10. The Kier molecular flexibility index (Phi) is 4.86. The summed E-state index contributed by atoms with van der Waals surface area (Å²) in [5.74, 6) is 0.563. The highest BCUT2D eigenvalue weighted by Crippen LogP contribution is 2.23. The van der Waals surface area contributed by atoms with E-state index in [9.17, 15) is 4.79 Å². The van der Waals surface area contributed by atoms with E-state index in [1.165, 1.54) is 5.56 Å². The molecule has 0 aromatic heterocycles. The van der Waals surface area contributed by atoms with Gasteiger partial charge in [0.25, 0.3) is 0 Å². The molecule has 1 amide bonds. The number of aryl methyl sites for hydroxylation is 2. The fraction of sp³-hybridized carbons (Fsp3) is 0.235. The summed E-state index contributed by atoms with van der Waals surface area (Å²) in [6, 6.07) is 11.1. The largest absolute Gasteiger partial charge is 0.496 e. The Hall–Kier alpha value is -2.00. The van der Waals surface area contributed by atoms with Crippen molar-refractivity contribution in [2.24, 2.45) is 0 Å². The van der Waals surface area contributed by atoms with E-state index in [0.29, 0.717) is 10.8 Å². The predicted octanol–water partition coefficient (Wildman–Crippen LogP) is 4.15. The third kappa shape index (κ3) is 3.99. The van der Waals surface area contributed by atoms with Gasteiger partial charge in [0.15, 0.2) is 0 Å². The Labute approximate surface area is 129 Å². The Morgan fingerprint density at radius 3 is 2.57 bits per heavy atom. The van der Waals surface area contributed by atoms with Crippen molar-refractivity contribution < 1.29 is 9.53 Å². The van der Waals surface area contributed by atoms with Gasteiger partial charge in [0.1, 0.15) is 5.75 Å². The maximum atomic E-state index is 12.1. The third-order valence-corrected chi connectivity index (χ3v) is 3.62. The average Bonchev–Trinajstić information content (AvgIpc) is 2.43. The Morgan fingerprint density at radius 1 is 1.14 bits per heavy atom. The lowest BCUT2D eigenvalue weighted by molar-refractivity contribution is -0.115. The van der Waals surface area contributed by atoms with Crippen molar-refractivity contribution in [2.75, 3.05) is 12.4 Å². The van der Waals surface area contributed by atoms with Gasteiger partial charge < -0.3 is 10.1 Å². The maximum Gasteiger partial charge on any atom is 0.228 e. The Balaban J connectivity index is 2.11. The van der Waals surface area contributed by atoms with Crippen LogP contribution in [0.15, 0.2) is 36.4 Å². The molecule has 0 spiro atoms. The maximum absolute atomic E-state index is 12.1. The molecule has 0 aliphatic heterocycles. The lowest BCUT2D eigenvalue weighted by Gasteiger charge is -2.10. The summed E-state index contributed by atoms with van der Waals surface area (Å²) < 4.78 is 5.25. The van der Waals surface area contributed by atoms with Gasteiger partial charge in [-0.2, -0.15) is 0 Å². The molecule has 0 unspecified atom stereocenters. The van der Waals surface area contributed by atoms with Crippen molar-refractivity contribution in [3.63, 3.8) is 0 Å². The number of hydrogen-bond donors (Lipinski definition) is 1. The van der Waals surface area contributed by atoms with E-state index in [1.54, 1.807) is 25.3 Å². The van der Waals surface area contributed by atoms with Crippen molar-refractivity contribution in [3.8, 4) is 5.75 Å². The number of benzene rings is 2. The molecule has 2 rings (SSSR count). The van der Waals surface area contributed by atoms with Gasteiger partial charge in [-0.1, -0.05) is 17.7 Å². The van der Waals surface area contributed by atoms with E-state index in [-0.39, 0.29) is 12.3 Å². The van der Waals surface area contributed by atoms with Gasteiger partial charge in [-0.15, -0.1) is 0 Å². The molecule has 0 aliphatic carbocycles. The molecule has 0 saturated carbocycles. The number of nitrogens with one attached hydrogen (secondary N) is 1. The highest BCUT2D eigenvalue weighted by atomic mass is 35.5. The molecule has 1 N–H and O–H groups in total. The number of carbonyl (C=O) groups excluding carboxylic acids is 1. The Bertz CT molecular complexity index is 668. The SMILES string of the molecule is COc1ccc(Cl)cc1CC(=O)Nc1ccc(C)c(C)c1. The lowest BCUT2D eigenvalue weighted by atomic mass is 10.1. The summed E-state index contributed by atoms with van der Waals surface area (Å²) in [6.07, 6.45) is 0.219. The number of rotatable bonds is 4. The van der Waals surface area contributed by atoms with Crippen molar-refractivity contribution in [3.05, 3.63) is 58.1 Å². The van der Waals surface area contributed by atoms with Gasteiger partial charge >= 0.3 is 0 Å². The fourth-order valence-corrected chi connectivity index (χ4v) is 2.28. The monoisotopic (exact) mass is 303 g/mol. The first-order valence-corrected chi connectivity index (χ1v) is 7.07. The molecule has 3 nitrogen and oxygen atoms in total. The minimum Gasteiger partial charge on any atom is -0.496 e. The third-order valence-electron chi connectivity index (χ3n) is 3.38. The first-order chi connectivity index (χ1) is 9.99. The molecule has 2 aromatic rings. The van der Waals surface area contributed by atoms with Crippen LogP contribution in [0.5, 0.6) is 5.75 Å². The minimum absolute atomic E-state index is 0.0983. The zero-order valence-electron chi connectivity index (χ0n) is 12.4. The van der Waals surface area contributed by atoms with Crippen molar-refractivity contribution in [1.29, 1.82) is 0 Å². The molecule has 0 atom stereocenters. The van der Waals surface area contributed by atoms with E-state index in [0.717, 1.165) is 16.8 Å². The first-order valence-electron chi connectivity index (χ1n) is 6.69. The van der Waals surface area contributed by atoms with Crippen LogP contribution < -0.4 is 10.1 Å². The number of methoxy groups -OCH3 is 1. The zero-order valence-corrected chi connectivity index (χ0v) is 13.1. The van der Waals surface area contributed by atoms with E-state index in [4.69, 9.17) is 16.3 Å². The van der Waals surface area contributed by atoms with Crippen LogP contribution in [0.1, 0.15) is 16.7 Å². The van der Waals surface area contributed by atoms with Crippen LogP contribution in [0.4, 0.5) is 5.69 Å². The molecule has 0 bridgehead atoms. The fourth-order valence-electron chi connectivity index (χ4n) is 2.08. The predicted molar refractivity (Wildman–Crippen MR) is 86.3 cm³/mol. The number of ether oxygens (including phenoxy) is 1. The summed E-state index contributed by atoms with van der Waals surface area (Å²) >= 11 is 5.97. The number of hydrogen-bond acceptors (Lipinski definition) is 2. The number of anilines is 1. The van der Waals surface area contributed by atoms with Gasteiger partial charge in [-0.3, -0.25) is 4.79 Å².